The van der Waals surface area contributed by atoms with E-state index in [2.05, 4.69) is 13.8 Å². The van der Waals surface area contributed by atoms with E-state index in [1.54, 1.807) is 12.3 Å². The van der Waals surface area contributed by atoms with Crippen molar-refractivity contribution in [3.63, 3.8) is 0 Å². The molecule has 1 N–H and O–H groups in total. The zero-order valence-electron chi connectivity index (χ0n) is 21.0. The normalized spacial score (nSPS) is 49.3. The maximum atomic E-state index is 14.0. The summed E-state index contributed by atoms with van der Waals surface area (Å²) in [7, 11) is 1.36. The number of furan rings is 1. The quantitative estimate of drug-likeness (QED) is 0.648. The van der Waals surface area contributed by atoms with Crippen LogP contribution in [0.3, 0.4) is 0 Å². The van der Waals surface area contributed by atoms with Gasteiger partial charge in [-0.15, -0.1) is 0 Å². The zero-order valence-corrected chi connectivity index (χ0v) is 21.0. The van der Waals surface area contributed by atoms with Gasteiger partial charge in [0, 0.05) is 34.7 Å². The number of ketones is 1. The third kappa shape index (κ3) is 2.43. The Morgan fingerprint density at radius 1 is 1.23 bits per heavy atom. The first kappa shape index (κ1) is 23.2. The van der Waals surface area contributed by atoms with Crippen molar-refractivity contribution in [2.75, 3.05) is 7.11 Å². The van der Waals surface area contributed by atoms with Gasteiger partial charge in [0.1, 0.15) is 23.1 Å². The molecule has 3 heterocycles. The molecule has 1 spiro atoms. The van der Waals surface area contributed by atoms with Gasteiger partial charge in [0.2, 0.25) is 0 Å². The summed E-state index contributed by atoms with van der Waals surface area (Å²) in [5.74, 6) is -1.76. The lowest BCUT2D eigenvalue weighted by Crippen LogP contribution is -2.76. The molecular weight excluding hydrogens is 452 g/mol. The largest absolute Gasteiger partial charge is 0.472 e. The molecule has 0 amide bonds. The molecule has 8 nitrogen and oxygen atoms in total. The van der Waals surface area contributed by atoms with Crippen LogP contribution in [0.2, 0.25) is 0 Å². The van der Waals surface area contributed by atoms with Crippen molar-refractivity contribution < 1.29 is 38.1 Å². The molecule has 3 bridgehead atoms. The highest BCUT2D eigenvalue weighted by atomic mass is 16.6. The van der Waals surface area contributed by atoms with Crippen molar-refractivity contribution in [2.24, 2.45) is 34.0 Å². The summed E-state index contributed by atoms with van der Waals surface area (Å²) in [6.45, 7) is 8.05. The number of aliphatic hydroxyl groups is 1. The Morgan fingerprint density at radius 3 is 2.63 bits per heavy atom. The topological polar surface area (TPSA) is 112 Å². The maximum absolute atomic E-state index is 14.0. The van der Waals surface area contributed by atoms with Crippen LogP contribution in [0.5, 0.6) is 0 Å². The van der Waals surface area contributed by atoms with Crippen LogP contribution in [0.25, 0.3) is 0 Å². The third-order valence-corrected chi connectivity index (χ3v) is 11.0. The fourth-order valence-corrected chi connectivity index (χ4v) is 9.38. The first-order valence-electron chi connectivity index (χ1n) is 12.6. The average Bonchev–Trinajstić information content (AvgIpc) is 3.44. The Hall–Kier alpha value is -2.19. The molecule has 2 saturated heterocycles. The zero-order chi connectivity index (χ0) is 25.2. The van der Waals surface area contributed by atoms with Gasteiger partial charge in [0.05, 0.1) is 32.2 Å². The van der Waals surface area contributed by atoms with Gasteiger partial charge in [-0.3, -0.25) is 14.4 Å². The highest BCUT2D eigenvalue weighted by Crippen LogP contribution is 2.77. The number of esters is 2. The number of Topliss-reactive ketones (excluding diaryl/α,β-unsaturated/α-hetero) is 1. The molecule has 6 rings (SSSR count). The van der Waals surface area contributed by atoms with Crippen molar-refractivity contribution in [3.8, 4) is 0 Å². The molecule has 2 aliphatic heterocycles. The number of hydrogen-bond donors (Lipinski definition) is 1. The molecule has 9 atom stereocenters. The third-order valence-electron chi connectivity index (χ3n) is 11.0. The second-order valence-corrected chi connectivity index (χ2v) is 12.5. The lowest BCUT2D eigenvalue weighted by molar-refractivity contribution is -0.316. The van der Waals surface area contributed by atoms with E-state index < -0.39 is 51.5 Å². The highest BCUT2D eigenvalue weighted by Gasteiger charge is 2.84. The molecule has 3 saturated carbocycles. The van der Waals surface area contributed by atoms with Gasteiger partial charge in [-0.2, -0.15) is 0 Å². The van der Waals surface area contributed by atoms with Crippen LogP contribution in [0.4, 0.5) is 0 Å². The fraction of sp³-hybridized carbons (Fsp3) is 0.741. The lowest BCUT2D eigenvalue weighted by atomic mass is 9.37. The summed E-state index contributed by atoms with van der Waals surface area (Å²) in [5, 5.41) is 12.8. The van der Waals surface area contributed by atoms with Crippen LogP contribution >= 0.6 is 0 Å². The Bertz CT molecular complexity index is 1110. The number of cyclic esters (lactones) is 1. The molecule has 1 aromatic heterocycles. The van der Waals surface area contributed by atoms with Crippen LogP contribution in [-0.4, -0.2) is 47.2 Å². The minimum absolute atomic E-state index is 0.111. The average molecular weight is 487 g/mol. The monoisotopic (exact) mass is 486 g/mol. The van der Waals surface area contributed by atoms with Crippen LogP contribution in [0.15, 0.2) is 23.0 Å². The predicted molar refractivity (Wildman–Crippen MR) is 121 cm³/mol. The first-order chi connectivity index (χ1) is 16.4. The Kier molecular flexibility index (Phi) is 4.49. The van der Waals surface area contributed by atoms with Gasteiger partial charge in [0.25, 0.3) is 0 Å². The molecule has 35 heavy (non-hydrogen) atoms. The molecule has 0 aromatic carbocycles. The van der Waals surface area contributed by atoms with Crippen molar-refractivity contribution in [3.05, 3.63) is 24.2 Å². The van der Waals surface area contributed by atoms with Crippen molar-refractivity contribution >= 4 is 17.7 Å². The van der Waals surface area contributed by atoms with Crippen LogP contribution in [-0.2, 0) is 28.6 Å². The Balaban J connectivity index is 1.54. The minimum atomic E-state index is -1.55. The smallest absolute Gasteiger partial charge is 0.309 e. The molecule has 5 aliphatic rings. The molecule has 3 aliphatic carbocycles. The second kappa shape index (κ2) is 6.76. The van der Waals surface area contributed by atoms with Gasteiger partial charge < -0.3 is 23.7 Å². The number of carbonyl (C=O) groups excluding carboxylic acids is 3. The van der Waals surface area contributed by atoms with E-state index in [9.17, 15) is 19.5 Å². The summed E-state index contributed by atoms with van der Waals surface area (Å²) in [6.07, 6.45) is 3.39. The highest BCUT2D eigenvalue weighted by molar-refractivity contribution is 5.92. The standard InChI is InChI=1S/C27H34O8/c1-23(2)17(10-18(28)32-5)25(4)16-6-8-24(3)21(14-7-9-33-13-14)34-19(29)12-27(24,31)26(16)11-15(20(25)30)22(23)35-26/h7,9,13,15-17,21-22,31H,6,8,10-12H2,1-5H3/t15-,16-,17-,21+,22+,24+,25-,26+,27+/m1/s1. The minimum Gasteiger partial charge on any atom is -0.472 e. The number of rotatable bonds is 3. The Labute approximate surface area is 204 Å². The van der Waals surface area contributed by atoms with Gasteiger partial charge in [-0.25, -0.2) is 0 Å². The number of ether oxygens (including phenoxy) is 3. The van der Waals surface area contributed by atoms with E-state index in [4.69, 9.17) is 18.6 Å². The van der Waals surface area contributed by atoms with Gasteiger partial charge >= 0.3 is 11.9 Å². The van der Waals surface area contributed by atoms with E-state index in [1.165, 1.54) is 13.4 Å². The predicted octanol–water partition coefficient (Wildman–Crippen LogP) is 3.37. The van der Waals surface area contributed by atoms with Gasteiger partial charge in [-0.1, -0.05) is 27.7 Å². The SMILES string of the molecule is COC(=O)C[C@@H]1C(C)(C)[C@H]2O[C@@]34C[C@@H]2C(=O)[C@]1(C)[C@H]3CC[C@@]1(C)[C@H](c2ccoc2)OC(=O)C[C@]14O. The summed E-state index contributed by atoms with van der Waals surface area (Å²) in [6, 6.07) is 1.77. The van der Waals surface area contributed by atoms with Crippen molar-refractivity contribution in [1.82, 2.24) is 0 Å². The molecule has 0 unspecified atom stereocenters. The molecule has 8 heteroatoms. The van der Waals surface area contributed by atoms with E-state index in [0.29, 0.717) is 24.8 Å². The molecule has 5 fully saturated rings. The summed E-state index contributed by atoms with van der Waals surface area (Å²) < 4.78 is 23.1. The summed E-state index contributed by atoms with van der Waals surface area (Å²) >= 11 is 0. The van der Waals surface area contributed by atoms with Gasteiger partial charge in [0.15, 0.2) is 0 Å². The number of fused-ring (bicyclic) bond motifs is 3. The fourth-order valence-electron chi connectivity index (χ4n) is 9.38. The van der Waals surface area contributed by atoms with Crippen LogP contribution in [0.1, 0.15) is 71.5 Å². The van der Waals surface area contributed by atoms with E-state index >= 15 is 0 Å². The first-order valence-corrected chi connectivity index (χ1v) is 12.6. The maximum Gasteiger partial charge on any atom is 0.309 e. The van der Waals surface area contributed by atoms with E-state index in [0.717, 1.165) is 0 Å². The molecule has 190 valence electrons. The Morgan fingerprint density at radius 2 is 1.97 bits per heavy atom. The van der Waals surface area contributed by atoms with Crippen LogP contribution < -0.4 is 0 Å². The van der Waals surface area contributed by atoms with Crippen molar-refractivity contribution in [1.29, 1.82) is 0 Å². The second-order valence-electron chi connectivity index (χ2n) is 12.5. The molecule has 1 aromatic rings. The van der Waals surface area contributed by atoms with Gasteiger partial charge in [-0.05, 0) is 36.7 Å². The van der Waals surface area contributed by atoms with E-state index in [-0.39, 0.29) is 36.4 Å². The number of carbonyl (C=O) groups is 3. The van der Waals surface area contributed by atoms with E-state index in [1.807, 2.05) is 13.8 Å². The molecular formula is C27H34O8. The summed E-state index contributed by atoms with van der Waals surface area (Å²) in [4.78, 5) is 39.6. The van der Waals surface area contributed by atoms with Crippen LogP contribution in [0, 0.1) is 34.0 Å². The summed E-state index contributed by atoms with van der Waals surface area (Å²) in [5.41, 5.74) is -4.18. The number of methoxy groups -OCH3 is 1. The molecule has 0 radical (unpaired) electrons. The van der Waals surface area contributed by atoms with Crippen molar-refractivity contribution in [2.45, 2.75) is 83.2 Å². The number of hydrogen-bond acceptors (Lipinski definition) is 8. The lowest BCUT2D eigenvalue weighted by Gasteiger charge is -2.67.